The van der Waals surface area contributed by atoms with E-state index in [1.165, 1.54) is 77.5 Å². The Morgan fingerprint density at radius 2 is 0.582 bits per heavy atom. The molecule has 0 fully saturated rings. The van der Waals surface area contributed by atoms with Gasteiger partial charge in [-0.1, -0.05) is 182 Å². The Bertz CT molecular complexity index is 2660. The van der Waals surface area contributed by atoms with E-state index in [0.717, 1.165) is 17.1 Å². The third-order valence-electron chi connectivity index (χ3n) is 10.9. The highest BCUT2D eigenvalue weighted by atomic mass is 15.1. The van der Waals surface area contributed by atoms with Crippen LogP contribution in [-0.4, -0.2) is 0 Å². The van der Waals surface area contributed by atoms with Gasteiger partial charge in [-0.05, 0) is 120 Å². The van der Waals surface area contributed by atoms with Crippen molar-refractivity contribution in [1.82, 2.24) is 0 Å². The normalized spacial score (nSPS) is 11.7. The topological polar surface area (TPSA) is 3.24 Å². The predicted molar refractivity (Wildman–Crippen MR) is 234 cm³/mol. The van der Waals surface area contributed by atoms with Gasteiger partial charge < -0.3 is 4.90 Å². The second kappa shape index (κ2) is 14.0. The molecule has 0 aliphatic heterocycles. The highest BCUT2D eigenvalue weighted by molar-refractivity contribution is 6.20. The van der Waals surface area contributed by atoms with Crippen molar-refractivity contribution in [2.24, 2.45) is 0 Å². The maximum atomic E-state index is 2.37. The SMILES string of the molecule is C1=C(c2ccc(N(c3ccc(-c4ccccc4)cc3)c3ccc(-c4ccccc4)cc3)cc2)c2ccc(-c3ccccc3)c3c(-c4ccccc4)ccc1c23. The molecular formula is C54H37N. The lowest BCUT2D eigenvalue weighted by Crippen LogP contribution is -2.10. The fourth-order valence-corrected chi connectivity index (χ4v) is 8.16. The molecule has 0 saturated carbocycles. The van der Waals surface area contributed by atoms with E-state index in [-0.39, 0.29) is 0 Å². The second-order valence-corrected chi connectivity index (χ2v) is 14.1. The maximum absolute atomic E-state index is 2.37. The van der Waals surface area contributed by atoms with Gasteiger partial charge >= 0.3 is 0 Å². The molecule has 9 aromatic carbocycles. The molecule has 0 bridgehead atoms. The van der Waals surface area contributed by atoms with Crippen LogP contribution < -0.4 is 4.90 Å². The Hall–Kier alpha value is -7.22. The van der Waals surface area contributed by atoms with Crippen molar-refractivity contribution in [3.05, 3.63) is 235 Å². The molecule has 1 heteroatoms. The van der Waals surface area contributed by atoms with Crippen molar-refractivity contribution in [1.29, 1.82) is 0 Å². The lowest BCUT2D eigenvalue weighted by atomic mass is 9.88. The summed E-state index contributed by atoms with van der Waals surface area (Å²) in [6.07, 6.45) is 2.37. The van der Waals surface area contributed by atoms with Crippen molar-refractivity contribution in [2.45, 2.75) is 0 Å². The third kappa shape index (κ3) is 6.02. The van der Waals surface area contributed by atoms with E-state index >= 15 is 0 Å². The van der Waals surface area contributed by atoms with Crippen LogP contribution in [0.2, 0.25) is 0 Å². The second-order valence-electron chi connectivity index (χ2n) is 14.1. The Morgan fingerprint density at radius 1 is 0.236 bits per heavy atom. The molecule has 1 aliphatic carbocycles. The van der Waals surface area contributed by atoms with Crippen LogP contribution in [0, 0.1) is 0 Å². The van der Waals surface area contributed by atoms with Crippen LogP contribution in [-0.2, 0) is 0 Å². The first-order chi connectivity index (χ1) is 27.3. The largest absolute Gasteiger partial charge is 0.311 e. The summed E-state index contributed by atoms with van der Waals surface area (Å²) >= 11 is 0. The predicted octanol–water partition coefficient (Wildman–Crippen LogP) is 14.9. The Morgan fingerprint density at radius 3 is 1.02 bits per heavy atom. The average molecular weight is 700 g/mol. The van der Waals surface area contributed by atoms with Crippen molar-refractivity contribution < 1.29 is 0 Å². The van der Waals surface area contributed by atoms with Crippen LogP contribution in [0.5, 0.6) is 0 Å². The highest BCUT2D eigenvalue weighted by Crippen LogP contribution is 2.47. The van der Waals surface area contributed by atoms with Crippen LogP contribution in [0.3, 0.4) is 0 Å². The number of nitrogens with zero attached hydrogens (tertiary/aromatic N) is 1. The molecule has 10 rings (SSSR count). The fraction of sp³-hybridized carbons (Fsp3) is 0. The number of hydrogen-bond acceptors (Lipinski definition) is 1. The lowest BCUT2D eigenvalue weighted by Gasteiger charge is -2.26. The molecular weight excluding hydrogens is 663 g/mol. The van der Waals surface area contributed by atoms with Crippen LogP contribution in [0.15, 0.2) is 218 Å². The van der Waals surface area contributed by atoms with E-state index < -0.39 is 0 Å². The minimum atomic E-state index is 1.11. The zero-order valence-corrected chi connectivity index (χ0v) is 30.3. The minimum absolute atomic E-state index is 1.11. The lowest BCUT2D eigenvalue weighted by molar-refractivity contribution is 1.28. The van der Waals surface area contributed by atoms with Gasteiger partial charge in [0.15, 0.2) is 0 Å². The molecule has 0 radical (unpaired) electrons. The quantitative estimate of drug-likeness (QED) is 0.153. The van der Waals surface area contributed by atoms with E-state index in [1.54, 1.807) is 0 Å². The van der Waals surface area contributed by atoms with Crippen molar-refractivity contribution in [3.63, 3.8) is 0 Å². The molecule has 0 heterocycles. The first-order valence-corrected chi connectivity index (χ1v) is 18.9. The Kier molecular flexibility index (Phi) is 8.24. The van der Waals surface area contributed by atoms with E-state index in [2.05, 4.69) is 229 Å². The summed E-state index contributed by atoms with van der Waals surface area (Å²) in [6, 6.07) is 78.8. The molecule has 0 spiro atoms. The number of anilines is 3. The number of rotatable bonds is 8. The monoisotopic (exact) mass is 699 g/mol. The van der Waals surface area contributed by atoms with Crippen molar-refractivity contribution in [3.8, 4) is 44.5 Å². The van der Waals surface area contributed by atoms with Gasteiger partial charge in [0.05, 0.1) is 0 Å². The van der Waals surface area contributed by atoms with Crippen molar-refractivity contribution >= 4 is 39.5 Å². The Labute approximate surface area is 322 Å². The fourth-order valence-electron chi connectivity index (χ4n) is 8.16. The molecule has 0 amide bonds. The summed E-state index contributed by atoms with van der Waals surface area (Å²) in [4.78, 5) is 2.35. The van der Waals surface area contributed by atoms with Crippen molar-refractivity contribution in [2.75, 3.05) is 4.90 Å². The molecule has 55 heavy (non-hydrogen) atoms. The van der Waals surface area contributed by atoms with Crippen LogP contribution >= 0.6 is 0 Å². The zero-order chi connectivity index (χ0) is 36.6. The van der Waals surface area contributed by atoms with Crippen LogP contribution in [0.25, 0.3) is 66.9 Å². The standard InChI is InChI=1S/C54H37N/c1-5-13-38(14-6-1)40-21-28-46(29-22-40)55(47-30-23-41(24-31-47)39-15-7-2-8-16-39)48-32-25-44(26-33-48)52-37-45-27-34-49(42-17-9-3-10-18-42)54-50(35-36-51(52)53(45)54)43-19-11-4-12-20-43/h1-37H. The molecule has 9 aromatic rings. The molecule has 0 saturated heterocycles. The number of hydrogen-bond donors (Lipinski definition) is 0. The summed E-state index contributed by atoms with van der Waals surface area (Å²) in [5.74, 6) is 0. The third-order valence-corrected chi connectivity index (χ3v) is 10.9. The Balaban J connectivity index is 1.05. The molecule has 1 nitrogen and oxygen atoms in total. The summed E-state index contributed by atoms with van der Waals surface area (Å²) in [5.41, 5.74) is 18.1. The van der Waals surface area contributed by atoms with Gasteiger partial charge in [-0.3, -0.25) is 0 Å². The summed E-state index contributed by atoms with van der Waals surface area (Å²) < 4.78 is 0. The first kappa shape index (κ1) is 32.4. The summed E-state index contributed by atoms with van der Waals surface area (Å²) in [6.45, 7) is 0. The van der Waals surface area contributed by atoms with E-state index in [1.807, 2.05) is 0 Å². The van der Waals surface area contributed by atoms with Gasteiger partial charge in [-0.25, -0.2) is 0 Å². The van der Waals surface area contributed by atoms with Crippen LogP contribution in [0.4, 0.5) is 17.1 Å². The molecule has 0 atom stereocenters. The van der Waals surface area contributed by atoms with E-state index in [4.69, 9.17) is 0 Å². The molecule has 0 unspecified atom stereocenters. The zero-order valence-electron chi connectivity index (χ0n) is 30.3. The van der Waals surface area contributed by atoms with Gasteiger partial charge in [0.1, 0.15) is 0 Å². The van der Waals surface area contributed by atoms with Gasteiger partial charge in [0.25, 0.3) is 0 Å². The van der Waals surface area contributed by atoms with Crippen LogP contribution in [0.1, 0.15) is 16.7 Å². The molecule has 258 valence electrons. The van der Waals surface area contributed by atoms with E-state index in [0.29, 0.717) is 0 Å². The maximum Gasteiger partial charge on any atom is 0.0462 e. The van der Waals surface area contributed by atoms with Gasteiger partial charge in [0, 0.05) is 17.1 Å². The average Bonchev–Trinajstić information content (AvgIpc) is 3.65. The summed E-state index contributed by atoms with van der Waals surface area (Å²) in [7, 11) is 0. The molecule has 0 aromatic heterocycles. The van der Waals surface area contributed by atoms with E-state index in [9.17, 15) is 0 Å². The number of benzene rings is 9. The molecule has 1 aliphatic rings. The minimum Gasteiger partial charge on any atom is -0.311 e. The highest BCUT2D eigenvalue weighted by Gasteiger charge is 2.23. The summed E-state index contributed by atoms with van der Waals surface area (Å²) in [5, 5.41) is 2.62. The molecule has 0 N–H and O–H groups in total. The smallest absolute Gasteiger partial charge is 0.0462 e. The van der Waals surface area contributed by atoms with Gasteiger partial charge in [-0.15, -0.1) is 0 Å². The van der Waals surface area contributed by atoms with Gasteiger partial charge in [0.2, 0.25) is 0 Å². The first-order valence-electron chi connectivity index (χ1n) is 18.9. The van der Waals surface area contributed by atoms with Gasteiger partial charge in [-0.2, -0.15) is 0 Å².